The number of H-pyrrole nitrogens is 1. The fourth-order valence-electron chi connectivity index (χ4n) is 3.64. The Balaban J connectivity index is 1.38. The summed E-state index contributed by atoms with van der Waals surface area (Å²) in [5.74, 6) is 0.538. The number of rotatable bonds is 6. The zero-order valence-electron chi connectivity index (χ0n) is 16.6. The Hall–Kier alpha value is -3.12. The number of carbonyl (C=O) groups is 1. The molecule has 1 aromatic heterocycles. The quantitative estimate of drug-likeness (QED) is 0.657. The van der Waals surface area contributed by atoms with Crippen molar-refractivity contribution in [2.75, 3.05) is 25.5 Å². The van der Waals surface area contributed by atoms with Gasteiger partial charge in [-0.3, -0.25) is 14.8 Å². The van der Waals surface area contributed by atoms with Gasteiger partial charge in [-0.2, -0.15) is 5.10 Å². The van der Waals surface area contributed by atoms with E-state index in [0.717, 1.165) is 23.5 Å². The van der Waals surface area contributed by atoms with Gasteiger partial charge in [-0.1, -0.05) is 30.7 Å². The summed E-state index contributed by atoms with van der Waals surface area (Å²) >= 11 is 0. The number of nitrogens with one attached hydrogen (secondary N) is 2. The summed E-state index contributed by atoms with van der Waals surface area (Å²) in [5, 5.41) is 10.0. The highest BCUT2D eigenvalue weighted by atomic mass is 16.5. The number of aromatic nitrogens is 2. The first-order valence-corrected chi connectivity index (χ1v) is 10.0. The maximum absolute atomic E-state index is 12.6. The highest BCUT2D eigenvalue weighted by Crippen LogP contribution is 2.23. The number of piperidine rings is 1. The molecule has 29 heavy (non-hydrogen) atoms. The van der Waals surface area contributed by atoms with E-state index < -0.39 is 0 Å². The van der Waals surface area contributed by atoms with E-state index in [1.54, 1.807) is 13.2 Å². The third-order valence-electron chi connectivity index (χ3n) is 5.25. The molecule has 0 radical (unpaired) electrons. The average molecular weight is 390 g/mol. The van der Waals surface area contributed by atoms with Crippen LogP contribution in [0.15, 0.2) is 54.6 Å². The van der Waals surface area contributed by atoms with E-state index in [-0.39, 0.29) is 5.91 Å². The van der Waals surface area contributed by atoms with E-state index in [9.17, 15) is 4.79 Å². The third-order valence-corrected chi connectivity index (χ3v) is 5.25. The van der Waals surface area contributed by atoms with Crippen LogP contribution in [0.2, 0.25) is 0 Å². The van der Waals surface area contributed by atoms with Gasteiger partial charge in [-0.05, 0) is 61.8 Å². The molecule has 2 heterocycles. The van der Waals surface area contributed by atoms with Crippen LogP contribution < -0.4 is 10.1 Å². The van der Waals surface area contributed by atoms with Gasteiger partial charge < -0.3 is 10.1 Å². The van der Waals surface area contributed by atoms with Crippen LogP contribution in [0.25, 0.3) is 11.3 Å². The average Bonchev–Trinajstić information content (AvgIpc) is 3.26. The molecule has 1 saturated heterocycles. The minimum absolute atomic E-state index is 0.213. The number of methoxy groups -OCH3 is 1. The molecule has 0 aliphatic carbocycles. The molecule has 0 saturated carbocycles. The van der Waals surface area contributed by atoms with Crippen LogP contribution in [-0.4, -0.2) is 41.2 Å². The van der Waals surface area contributed by atoms with E-state index in [1.165, 1.54) is 37.9 Å². The predicted octanol–water partition coefficient (Wildman–Crippen LogP) is 4.32. The van der Waals surface area contributed by atoms with Crippen molar-refractivity contribution >= 4 is 11.6 Å². The molecule has 3 aromatic rings. The smallest absolute Gasteiger partial charge is 0.273 e. The SMILES string of the molecule is COc1cccc(-c2cc(C(=O)Nc3ccc(CN4CCCCC4)cc3)[nH]n2)c1. The van der Waals surface area contributed by atoms with Crippen molar-refractivity contribution in [3.63, 3.8) is 0 Å². The minimum Gasteiger partial charge on any atom is -0.497 e. The van der Waals surface area contributed by atoms with Crippen molar-refractivity contribution in [1.29, 1.82) is 0 Å². The van der Waals surface area contributed by atoms with Crippen molar-refractivity contribution in [2.45, 2.75) is 25.8 Å². The second kappa shape index (κ2) is 8.92. The van der Waals surface area contributed by atoms with Gasteiger partial charge in [0, 0.05) is 17.8 Å². The molecule has 1 fully saturated rings. The molecule has 2 aromatic carbocycles. The Morgan fingerprint density at radius 1 is 1.10 bits per heavy atom. The summed E-state index contributed by atoms with van der Waals surface area (Å²) in [6.07, 6.45) is 3.92. The molecule has 0 unspecified atom stereocenters. The molecule has 1 aliphatic rings. The van der Waals surface area contributed by atoms with Gasteiger partial charge in [0.25, 0.3) is 5.91 Å². The highest BCUT2D eigenvalue weighted by Gasteiger charge is 2.13. The van der Waals surface area contributed by atoms with Crippen molar-refractivity contribution < 1.29 is 9.53 Å². The molecule has 4 rings (SSSR count). The Bertz CT molecular complexity index is 959. The Labute approximate surface area is 170 Å². The van der Waals surface area contributed by atoms with Crippen LogP contribution >= 0.6 is 0 Å². The molecule has 6 nitrogen and oxygen atoms in total. The standard InChI is InChI=1S/C23H26N4O2/c1-29-20-7-5-6-18(14-20)21-15-22(26-25-21)23(28)24-19-10-8-17(9-11-19)16-27-12-3-2-4-13-27/h5-11,14-15H,2-4,12-13,16H2,1H3,(H,24,28)(H,25,26). The van der Waals surface area contributed by atoms with E-state index in [4.69, 9.17) is 4.74 Å². The molecule has 6 heteroatoms. The van der Waals surface area contributed by atoms with Gasteiger partial charge >= 0.3 is 0 Å². The zero-order chi connectivity index (χ0) is 20.1. The van der Waals surface area contributed by atoms with Gasteiger partial charge in [0.2, 0.25) is 0 Å². The van der Waals surface area contributed by atoms with Crippen LogP contribution in [-0.2, 0) is 6.54 Å². The van der Waals surface area contributed by atoms with E-state index in [0.29, 0.717) is 11.4 Å². The molecule has 2 N–H and O–H groups in total. The van der Waals surface area contributed by atoms with Gasteiger partial charge in [0.15, 0.2) is 0 Å². The highest BCUT2D eigenvalue weighted by molar-refractivity contribution is 6.03. The first-order chi connectivity index (χ1) is 14.2. The van der Waals surface area contributed by atoms with E-state index in [2.05, 4.69) is 32.5 Å². The Kier molecular flexibility index (Phi) is 5.91. The number of anilines is 1. The van der Waals surface area contributed by atoms with E-state index in [1.807, 2.05) is 36.4 Å². The first-order valence-electron chi connectivity index (χ1n) is 10.0. The molecule has 1 amide bonds. The number of benzene rings is 2. The van der Waals surface area contributed by atoms with Crippen molar-refractivity contribution in [2.24, 2.45) is 0 Å². The summed E-state index contributed by atoms with van der Waals surface area (Å²) in [4.78, 5) is 15.1. The predicted molar refractivity (Wildman–Crippen MR) is 114 cm³/mol. The number of hydrogen-bond acceptors (Lipinski definition) is 4. The van der Waals surface area contributed by atoms with Crippen LogP contribution in [0.1, 0.15) is 35.3 Å². The van der Waals surface area contributed by atoms with Gasteiger partial charge in [0.05, 0.1) is 12.8 Å². The van der Waals surface area contributed by atoms with Crippen molar-refractivity contribution in [1.82, 2.24) is 15.1 Å². The summed E-state index contributed by atoms with van der Waals surface area (Å²) in [5.41, 5.74) is 4.05. The lowest BCUT2D eigenvalue weighted by atomic mass is 10.1. The summed E-state index contributed by atoms with van der Waals surface area (Å²) in [6.45, 7) is 3.32. The van der Waals surface area contributed by atoms with Crippen LogP contribution in [0.4, 0.5) is 5.69 Å². The lowest BCUT2D eigenvalue weighted by Crippen LogP contribution is -2.29. The monoisotopic (exact) mass is 390 g/mol. The normalized spacial score (nSPS) is 14.5. The number of ether oxygens (including phenoxy) is 1. The lowest BCUT2D eigenvalue weighted by molar-refractivity contribution is 0.102. The molecule has 0 spiro atoms. The van der Waals surface area contributed by atoms with Crippen LogP contribution in [0.3, 0.4) is 0 Å². The summed E-state index contributed by atoms with van der Waals surface area (Å²) in [6, 6.07) is 17.4. The van der Waals surface area contributed by atoms with Crippen molar-refractivity contribution in [3.05, 3.63) is 65.9 Å². The largest absolute Gasteiger partial charge is 0.497 e. The zero-order valence-corrected chi connectivity index (χ0v) is 16.6. The second-order valence-corrected chi connectivity index (χ2v) is 7.39. The molecule has 150 valence electrons. The second-order valence-electron chi connectivity index (χ2n) is 7.39. The number of hydrogen-bond donors (Lipinski definition) is 2. The molecular weight excluding hydrogens is 364 g/mol. The van der Waals surface area contributed by atoms with Gasteiger partial charge in [-0.15, -0.1) is 0 Å². The molecular formula is C23H26N4O2. The Morgan fingerprint density at radius 2 is 1.90 bits per heavy atom. The third kappa shape index (κ3) is 4.84. The number of carbonyl (C=O) groups excluding carboxylic acids is 1. The number of amides is 1. The summed E-state index contributed by atoms with van der Waals surface area (Å²) < 4.78 is 5.25. The van der Waals surface area contributed by atoms with Crippen LogP contribution in [0, 0.1) is 0 Å². The lowest BCUT2D eigenvalue weighted by Gasteiger charge is -2.26. The Morgan fingerprint density at radius 3 is 2.66 bits per heavy atom. The number of aromatic amines is 1. The maximum Gasteiger partial charge on any atom is 0.273 e. The molecule has 0 bridgehead atoms. The van der Waals surface area contributed by atoms with Gasteiger partial charge in [-0.25, -0.2) is 0 Å². The molecule has 1 aliphatic heterocycles. The number of nitrogens with zero attached hydrogens (tertiary/aromatic N) is 2. The summed E-state index contributed by atoms with van der Waals surface area (Å²) in [7, 11) is 1.63. The molecule has 0 atom stereocenters. The number of likely N-dealkylation sites (tertiary alicyclic amines) is 1. The van der Waals surface area contributed by atoms with E-state index >= 15 is 0 Å². The fraction of sp³-hybridized carbons (Fsp3) is 0.304. The van der Waals surface area contributed by atoms with Gasteiger partial charge in [0.1, 0.15) is 11.4 Å². The van der Waals surface area contributed by atoms with Crippen LogP contribution in [0.5, 0.6) is 5.75 Å². The first kappa shape index (κ1) is 19.2. The maximum atomic E-state index is 12.6. The topological polar surface area (TPSA) is 70.2 Å². The minimum atomic E-state index is -0.213. The van der Waals surface area contributed by atoms with Crippen molar-refractivity contribution in [3.8, 4) is 17.0 Å². The fourth-order valence-corrected chi connectivity index (χ4v) is 3.64.